The largest absolute Gasteiger partial charge is 0.544 e. The van der Waals surface area contributed by atoms with Crippen molar-refractivity contribution in [1.29, 1.82) is 0 Å². The second kappa shape index (κ2) is 11.2. The van der Waals surface area contributed by atoms with Gasteiger partial charge in [0.1, 0.15) is 11.9 Å². The molecule has 1 fully saturated rings. The molecule has 2 rings (SSSR count). The molecule has 0 unspecified atom stereocenters. The van der Waals surface area contributed by atoms with Gasteiger partial charge in [-0.15, -0.1) is 0 Å². The average Bonchev–Trinajstić information content (AvgIpc) is 2.63. The first-order valence-electron chi connectivity index (χ1n) is 11.7. The molecular weight excluding hydrogens is 376 g/mol. The van der Waals surface area contributed by atoms with Gasteiger partial charge in [-0.25, -0.2) is 4.79 Å². The molecule has 1 aliphatic rings. The van der Waals surface area contributed by atoms with E-state index in [9.17, 15) is 4.79 Å². The van der Waals surface area contributed by atoms with Crippen LogP contribution in [0.3, 0.4) is 0 Å². The Bertz CT molecular complexity index is 604. The highest BCUT2D eigenvalue weighted by Gasteiger charge is 2.38. The minimum Gasteiger partial charge on any atom is -0.544 e. The summed E-state index contributed by atoms with van der Waals surface area (Å²) in [6.45, 7) is 11.2. The molecule has 29 heavy (non-hydrogen) atoms. The standard InChI is InChI=1S/C25H42O3Si/c1-25(2,3)29(4,5)28-23-19-17-21(18-20-23)24(26)27-22-15-13-11-9-7-6-8-10-12-14-16-22/h17-20,22H,6-16H2,1-5H3. The predicted molar refractivity (Wildman–Crippen MR) is 124 cm³/mol. The Morgan fingerprint density at radius 3 is 1.72 bits per heavy atom. The molecule has 1 aliphatic carbocycles. The third kappa shape index (κ3) is 8.16. The smallest absolute Gasteiger partial charge is 0.338 e. The zero-order valence-electron chi connectivity index (χ0n) is 19.4. The van der Waals surface area contributed by atoms with Crippen LogP contribution < -0.4 is 4.43 Å². The van der Waals surface area contributed by atoms with E-state index < -0.39 is 8.32 Å². The summed E-state index contributed by atoms with van der Waals surface area (Å²) in [5.74, 6) is 0.653. The third-order valence-electron chi connectivity index (χ3n) is 6.60. The van der Waals surface area contributed by atoms with Crippen LogP contribution in [0.25, 0.3) is 0 Å². The summed E-state index contributed by atoms with van der Waals surface area (Å²) in [5, 5.41) is 0.151. The molecule has 0 amide bonds. The van der Waals surface area contributed by atoms with Crippen LogP contribution in [0.4, 0.5) is 0 Å². The highest BCUT2D eigenvalue weighted by atomic mass is 28.4. The fourth-order valence-corrected chi connectivity index (χ4v) is 4.60. The number of carbonyl (C=O) groups excluding carboxylic acids is 1. The lowest BCUT2D eigenvalue weighted by Gasteiger charge is -2.36. The monoisotopic (exact) mass is 418 g/mol. The van der Waals surface area contributed by atoms with Gasteiger partial charge in [0.15, 0.2) is 0 Å². The Hall–Kier alpha value is -1.29. The lowest BCUT2D eigenvalue weighted by Crippen LogP contribution is -2.43. The average molecular weight is 419 g/mol. The molecule has 0 aliphatic heterocycles. The first-order valence-corrected chi connectivity index (χ1v) is 14.6. The number of hydrogen-bond acceptors (Lipinski definition) is 3. The summed E-state index contributed by atoms with van der Waals surface area (Å²) in [7, 11) is -1.87. The summed E-state index contributed by atoms with van der Waals surface area (Å²) in [6.07, 6.45) is 13.6. The molecule has 0 saturated heterocycles. The minimum atomic E-state index is -1.87. The van der Waals surface area contributed by atoms with Crippen molar-refractivity contribution in [3.05, 3.63) is 29.8 Å². The molecule has 164 valence electrons. The van der Waals surface area contributed by atoms with Crippen LogP contribution >= 0.6 is 0 Å². The van der Waals surface area contributed by atoms with E-state index in [1.54, 1.807) is 0 Å². The molecule has 1 aromatic carbocycles. The molecule has 0 atom stereocenters. The lowest BCUT2D eigenvalue weighted by atomic mass is 9.99. The van der Waals surface area contributed by atoms with Crippen LogP contribution in [0, 0.1) is 0 Å². The Morgan fingerprint density at radius 1 is 0.828 bits per heavy atom. The molecule has 1 aromatic rings. The third-order valence-corrected chi connectivity index (χ3v) is 11.0. The molecule has 4 heteroatoms. The number of rotatable bonds is 4. The fourth-order valence-electron chi connectivity index (χ4n) is 3.57. The highest BCUT2D eigenvalue weighted by molar-refractivity contribution is 6.74. The van der Waals surface area contributed by atoms with Gasteiger partial charge in [-0.05, 0) is 68.1 Å². The van der Waals surface area contributed by atoms with Gasteiger partial charge in [0.05, 0.1) is 5.56 Å². The maximum Gasteiger partial charge on any atom is 0.338 e. The zero-order valence-corrected chi connectivity index (χ0v) is 20.4. The molecule has 0 spiro atoms. The molecule has 0 radical (unpaired) electrons. The molecule has 0 bridgehead atoms. The van der Waals surface area contributed by atoms with Gasteiger partial charge >= 0.3 is 5.97 Å². The van der Waals surface area contributed by atoms with Gasteiger partial charge in [0.2, 0.25) is 8.32 Å². The lowest BCUT2D eigenvalue weighted by molar-refractivity contribution is 0.0248. The Morgan fingerprint density at radius 2 is 1.28 bits per heavy atom. The molecular formula is C25H42O3Si. The van der Waals surface area contributed by atoms with Crippen molar-refractivity contribution in [2.75, 3.05) is 0 Å². The quantitative estimate of drug-likeness (QED) is 0.368. The van der Waals surface area contributed by atoms with Crippen molar-refractivity contribution in [2.24, 2.45) is 0 Å². The second-order valence-corrected chi connectivity index (χ2v) is 14.9. The van der Waals surface area contributed by atoms with Crippen molar-refractivity contribution >= 4 is 14.3 Å². The van der Waals surface area contributed by atoms with Gasteiger partial charge < -0.3 is 9.16 Å². The molecule has 0 heterocycles. The zero-order chi connectivity index (χ0) is 21.3. The van der Waals surface area contributed by atoms with Crippen LogP contribution in [0.15, 0.2) is 24.3 Å². The molecule has 0 N–H and O–H groups in total. The Labute approximate surface area is 179 Å². The van der Waals surface area contributed by atoms with E-state index in [4.69, 9.17) is 9.16 Å². The summed E-state index contributed by atoms with van der Waals surface area (Å²) in [5.41, 5.74) is 0.624. The Balaban J connectivity index is 1.92. The van der Waals surface area contributed by atoms with Gasteiger partial charge in [0, 0.05) is 0 Å². The molecule has 1 saturated carbocycles. The number of carbonyl (C=O) groups is 1. The van der Waals surface area contributed by atoms with E-state index in [0.29, 0.717) is 5.56 Å². The second-order valence-electron chi connectivity index (χ2n) is 10.2. The van der Waals surface area contributed by atoms with Crippen molar-refractivity contribution < 1.29 is 14.0 Å². The number of esters is 1. The van der Waals surface area contributed by atoms with Crippen LogP contribution in [-0.2, 0) is 4.74 Å². The van der Waals surface area contributed by atoms with Crippen molar-refractivity contribution in [3.8, 4) is 5.75 Å². The van der Waals surface area contributed by atoms with E-state index in [0.717, 1.165) is 31.4 Å². The van der Waals surface area contributed by atoms with Crippen molar-refractivity contribution in [1.82, 2.24) is 0 Å². The van der Waals surface area contributed by atoms with Gasteiger partial charge in [-0.2, -0.15) is 0 Å². The summed E-state index contributed by atoms with van der Waals surface area (Å²) >= 11 is 0. The Kier molecular flexibility index (Phi) is 9.26. The molecule has 3 nitrogen and oxygen atoms in total. The number of ether oxygens (including phenoxy) is 1. The highest BCUT2D eigenvalue weighted by Crippen LogP contribution is 2.37. The van der Waals surface area contributed by atoms with Crippen LogP contribution in [-0.4, -0.2) is 20.4 Å². The minimum absolute atomic E-state index is 0.0603. The summed E-state index contributed by atoms with van der Waals surface area (Å²) in [6, 6.07) is 7.52. The van der Waals surface area contributed by atoms with E-state index in [1.165, 1.54) is 44.9 Å². The normalized spacial score (nSPS) is 18.4. The predicted octanol–water partition coefficient (Wildman–Crippen LogP) is 7.90. The number of hydrogen-bond donors (Lipinski definition) is 0. The summed E-state index contributed by atoms with van der Waals surface area (Å²) < 4.78 is 12.2. The van der Waals surface area contributed by atoms with Crippen LogP contribution in [0.2, 0.25) is 18.1 Å². The maximum absolute atomic E-state index is 12.7. The van der Waals surface area contributed by atoms with Gasteiger partial charge in [-0.1, -0.05) is 65.7 Å². The first-order chi connectivity index (χ1) is 13.7. The van der Waals surface area contributed by atoms with Crippen molar-refractivity contribution in [3.63, 3.8) is 0 Å². The molecule has 0 aromatic heterocycles. The van der Waals surface area contributed by atoms with Crippen LogP contribution in [0.1, 0.15) is 102 Å². The van der Waals surface area contributed by atoms with Gasteiger partial charge in [0.25, 0.3) is 0 Å². The number of benzene rings is 1. The van der Waals surface area contributed by atoms with E-state index in [2.05, 4.69) is 33.9 Å². The van der Waals surface area contributed by atoms with Crippen molar-refractivity contribution in [2.45, 2.75) is 116 Å². The van der Waals surface area contributed by atoms with E-state index in [-0.39, 0.29) is 17.1 Å². The fraction of sp³-hybridized carbons (Fsp3) is 0.720. The van der Waals surface area contributed by atoms with Crippen LogP contribution in [0.5, 0.6) is 5.75 Å². The maximum atomic E-state index is 12.7. The summed E-state index contributed by atoms with van der Waals surface area (Å²) in [4.78, 5) is 12.7. The van der Waals surface area contributed by atoms with E-state index in [1.807, 2.05) is 24.3 Å². The topological polar surface area (TPSA) is 35.5 Å². The van der Waals surface area contributed by atoms with Gasteiger partial charge in [-0.3, -0.25) is 0 Å². The first kappa shape index (κ1) is 24.0. The SMILES string of the molecule is CC(C)(C)[Si](C)(C)Oc1ccc(C(=O)OC2CCCCCCCCCCC2)cc1. The van der Waals surface area contributed by atoms with E-state index >= 15 is 0 Å².